The Balaban J connectivity index is 1.40. The van der Waals surface area contributed by atoms with Crippen LogP contribution in [0.25, 0.3) is 32.9 Å². The molecular weight excluding hydrogens is 559 g/mol. The molecule has 2 aromatic carbocycles. The Morgan fingerprint density at radius 1 is 1.16 bits per heavy atom. The lowest BCUT2D eigenvalue weighted by atomic mass is 9.94. The molecule has 0 aliphatic carbocycles. The summed E-state index contributed by atoms with van der Waals surface area (Å²) in [5, 5.41) is 21.9. The molecule has 3 fully saturated rings. The molecule has 3 aliphatic heterocycles. The number of aromatic hydroxyl groups is 1. The quantitative estimate of drug-likeness (QED) is 0.325. The van der Waals surface area contributed by atoms with Crippen molar-refractivity contribution >= 4 is 27.5 Å². The molecule has 2 N–H and O–H groups in total. The fourth-order valence-electron chi connectivity index (χ4n) is 7.10. The highest BCUT2D eigenvalue weighted by Crippen LogP contribution is 2.43. The van der Waals surface area contributed by atoms with E-state index in [2.05, 4.69) is 25.8 Å². The molecule has 8 nitrogen and oxygen atoms in total. The minimum absolute atomic E-state index is 0.0789. The number of halogens is 3. The van der Waals surface area contributed by atoms with Crippen LogP contribution in [0, 0.1) is 30.9 Å². The van der Waals surface area contributed by atoms with Crippen LogP contribution in [-0.4, -0.2) is 80.2 Å². The number of pyridine rings is 1. The monoisotopic (exact) mass is 589 g/mol. The second-order valence-electron chi connectivity index (χ2n) is 12.3. The van der Waals surface area contributed by atoms with Crippen LogP contribution in [0.1, 0.15) is 37.4 Å². The van der Waals surface area contributed by atoms with E-state index in [4.69, 9.17) is 11.2 Å². The maximum absolute atomic E-state index is 16.7. The summed E-state index contributed by atoms with van der Waals surface area (Å²) in [6.07, 6.45) is 6.77. The van der Waals surface area contributed by atoms with Gasteiger partial charge < -0.3 is 19.8 Å². The summed E-state index contributed by atoms with van der Waals surface area (Å²) in [6.45, 7) is 5.18. The third-order valence-electron chi connectivity index (χ3n) is 8.97. The van der Waals surface area contributed by atoms with Gasteiger partial charge in [-0.25, -0.2) is 18.2 Å². The molecule has 2 aromatic heterocycles. The molecule has 4 aromatic rings. The van der Waals surface area contributed by atoms with Crippen LogP contribution < -0.4 is 9.64 Å². The Labute approximate surface area is 246 Å². The summed E-state index contributed by atoms with van der Waals surface area (Å²) in [5.41, 5.74) is -1.25. The van der Waals surface area contributed by atoms with Crippen molar-refractivity contribution in [2.75, 3.05) is 37.7 Å². The molecule has 0 amide bonds. The van der Waals surface area contributed by atoms with Gasteiger partial charge in [-0.3, -0.25) is 4.90 Å². The summed E-state index contributed by atoms with van der Waals surface area (Å²) in [4.78, 5) is 17.6. The van der Waals surface area contributed by atoms with Gasteiger partial charge >= 0.3 is 6.01 Å². The van der Waals surface area contributed by atoms with Crippen molar-refractivity contribution in [2.24, 2.45) is 0 Å². The highest BCUT2D eigenvalue weighted by atomic mass is 19.1. The number of rotatable bonds is 5. The van der Waals surface area contributed by atoms with Gasteiger partial charge in [0.05, 0.1) is 27.8 Å². The molecule has 0 saturated carbocycles. The third-order valence-corrected chi connectivity index (χ3v) is 8.97. The largest absolute Gasteiger partial charge is 0.508 e. The van der Waals surface area contributed by atoms with Gasteiger partial charge in [0.2, 0.25) is 0 Å². The number of aryl methyl sites for hydroxylation is 1. The Morgan fingerprint density at radius 3 is 2.70 bits per heavy atom. The predicted molar refractivity (Wildman–Crippen MR) is 156 cm³/mol. The highest BCUT2D eigenvalue weighted by molar-refractivity contribution is 6.03. The highest BCUT2D eigenvalue weighted by Gasteiger charge is 2.49. The lowest BCUT2D eigenvalue weighted by molar-refractivity contribution is 0.0305. The summed E-state index contributed by atoms with van der Waals surface area (Å²) in [5.74, 6) is 1.04. The number of ether oxygens (including phenoxy) is 1. The number of anilines is 1. The van der Waals surface area contributed by atoms with Gasteiger partial charge in [-0.1, -0.05) is 12.0 Å². The number of phenols is 1. The molecule has 3 aliphatic rings. The number of nitrogens with zero attached hydrogens (tertiary/aromatic N) is 5. The minimum Gasteiger partial charge on any atom is -0.508 e. The number of fused-ring (bicyclic) bond motifs is 3. The van der Waals surface area contributed by atoms with Crippen molar-refractivity contribution in [3.05, 3.63) is 47.2 Å². The zero-order chi connectivity index (χ0) is 30.3. The van der Waals surface area contributed by atoms with Gasteiger partial charge in [-0.05, 0) is 56.8 Å². The maximum Gasteiger partial charge on any atom is 0.319 e. The van der Waals surface area contributed by atoms with Crippen molar-refractivity contribution in [3.8, 4) is 35.4 Å². The van der Waals surface area contributed by atoms with Crippen molar-refractivity contribution in [1.82, 2.24) is 19.9 Å². The molecule has 43 heavy (non-hydrogen) atoms. The fraction of sp³-hybridized carbons (Fsp3) is 0.406. The van der Waals surface area contributed by atoms with Gasteiger partial charge in [0, 0.05) is 37.0 Å². The number of aromatic nitrogens is 3. The van der Waals surface area contributed by atoms with E-state index in [1.807, 2.05) is 0 Å². The maximum atomic E-state index is 16.7. The number of terminal acetylenes is 1. The van der Waals surface area contributed by atoms with Crippen LogP contribution in [0.15, 0.2) is 24.3 Å². The van der Waals surface area contributed by atoms with Crippen molar-refractivity contribution in [1.29, 1.82) is 0 Å². The zero-order valence-electron chi connectivity index (χ0n) is 23.8. The van der Waals surface area contributed by atoms with E-state index < -0.39 is 28.9 Å². The second-order valence-corrected chi connectivity index (χ2v) is 12.3. The van der Waals surface area contributed by atoms with Gasteiger partial charge in [-0.15, -0.1) is 6.42 Å². The summed E-state index contributed by atoms with van der Waals surface area (Å²) in [7, 11) is 0. The van der Waals surface area contributed by atoms with Crippen LogP contribution >= 0.6 is 0 Å². The van der Waals surface area contributed by atoms with Gasteiger partial charge in [0.1, 0.15) is 41.4 Å². The first-order chi connectivity index (χ1) is 20.5. The molecule has 0 unspecified atom stereocenters. The standard InChI is InChI=1S/C32H30F3N5O3/c1-4-21-23(34)7-6-18-10-20(41)11-22(25(18)21)27-26(35)28-24(17(2)36-27)29(39-14-31(3,42)15-39)38-30(37-28)43-16-32-8-5-9-40(32)13-19(33)12-32/h1,6-7,10-11,19,41-42H,5,8-9,12-16H2,2-3H3/t19-,32+/m1/s1. The van der Waals surface area contributed by atoms with Crippen LogP contribution in [0.3, 0.4) is 0 Å². The Morgan fingerprint density at radius 2 is 1.95 bits per heavy atom. The molecular formula is C32H30F3N5O3. The topological polar surface area (TPSA) is 94.8 Å². The molecule has 222 valence electrons. The van der Waals surface area contributed by atoms with Crippen molar-refractivity contribution in [3.63, 3.8) is 0 Å². The zero-order valence-corrected chi connectivity index (χ0v) is 23.8. The molecule has 0 bridgehead atoms. The van der Waals surface area contributed by atoms with Crippen molar-refractivity contribution < 1.29 is 28.1 Å². The first-order valence-electron chi connectivity index (χ1n) is 14.3. The average Bonchev–Trinajstić information content (AvgIpc) is 3.47. The number of phenolic OH excluding ortho intramolecular Hbond substituents is 1. The number of aliphatic hydroxyl groups is 1. The van der Waals surface area contributed by atoms with Crippen LogP contribution in [0.4, 0.5) is 19.0 Å². The molecule has 5 heterocycles. The number of hydrogen-bond donors (Lipinski definition) is 2. The molecule has 11 heteroatoms. The van der Waals surface area contributed by atoms with Crippen LogP contribution in [0.5, 0.6) is 11.8 Å². The smallest absolute Gasteiger partial charge is 0.319 e. The van der Waals surface area contributed by atoms with E-state index in [1.54, 1.807) is 18.7 Å². The summed E-state index contributed by atoms with van der Waals surface area (Å²) < 4.78 is 51.9. The van der Waals surface area contributed by atoms with Crippen molar-refractivity contribution in [2.45, 2.75) is 50.4 Å². The summed E-state index contributed by atoms with van der Waals surface area (Å²) in [6, 6.07) is 5.29. The van der Waals surface area contributed by atoms with Gasteiger partial charge in [-0.2, -0.15) is 9.97 Å². The Hall–Kier alpha value is -4.14. The van der Waals surface area contributed by atoms with Gasteiger partial charge in [0.15, 0.2) is 5.82 Å². The molecule has 3 saturated heterocycles. The summed E-state index contributed by atoms with van der Waals surface area (Å²) >= 11 is 0. The fourth-order valence-corrected chi connectivity index (χ4v) is 7.10. The van der Waals surface area contributed by atoms with Crippen LogP contribution in [0.2, 0.25) is 0 Å². The number of β-amino-alcohol motifs (C(OH)–C–C–N with tert-alkyl or cyclic N) is 1. The van der Waals surface area contributed by atoms with E-state index in [0.717, 1.165) is 19.4 Å². The number of hydrogen-bond acceptors (Lipinski definition) is 8. The Bertz CT molecular complexity index is 1850. The second kappa shape index (κ2) is 9.69. The lowest BCUT2D eigenvalue weighted by Crippen LogP contribution is -2.60. The SMILES string of the molecule is C#Cc1c(F)ccc2cc(O)cc(-c3nc(C)c4c(N5CC(C)(O)C5)nc(OC[C@@]56CCCN5C[C@H](F)C6)nc4c3F)c12. The lowest BCUT2D eigenvalue weighted by Gasteiger charge is -2.45. The van der Waals surface area contributed by atoms with Gasteiger partial charge in [0.25, 0.3) is 0 Å². The number of benzene rings is 2. The van der Waals surface area contributed by atoms with E-state index in [0.29, 0.717) is 35.2 Å². The molecule has 0 spiro atoms. The van der Waals surface area contributed by atoms with E-state index >= 15 is 4.39 Å². The third kappa shape index (κ3) is 4.43. The normalized spacial score (nSPS) is 23.0. The van der Waals surface area contributed by atoms with E-state index in [9.17, 15) is 19.0 Å². The van der Waals surface area contributed by atoms with Crippen LogP contribution in [-0.2, 0) is 0 Å². The molecule has 7 rings (SSSR count). The minimum atomic E-state index is -0.947. The predicted octanol–water partition coefficient (Wildman–Crippen LogP) is 4.64. The molecule has 0 radical (unpaired) electrons. The number of alkyl halides is 1. The first-order valence-corrected chi connectivity index (χ1v) is 14.3. The molecule has 2 atom stereocenters. The Kier molecular flexibility index (Phi) is 6.24. The van der Waals surface area contributed by atoms with E-state index in [-0.39, 0.29) is 59.2 Å². The van der Waals surface area contributed by atoms with E-state index in [1.165, 1.54) is 24.3 Å². The average molecular weight is 590 g/mol. The first kappa shape index (κ1) is 27.7.